The molecular formula is C6H15N3O3. The van der Waals surface area contributed by atoms with Gasteiger partial charge in [-0.05, 0) is 6.42 Å². The van der Waals surface area contributed by atoms with Crippen molar-refractivity contribution in [1.82, 2.24) is 10.8 Å². The molecule has 0 spiro atoms. The molecule has 0 bridgehead atoms. The average molecular weight is 177 g/mol. The van der Waals surface area contributed by atoms with Gasteiger partial charge in [-0.25, -0.2) is 10.3 Å². The first kappa shape index (κ1) is 11.2. The zero-order valence-corrected chi connectivity index (χ0v) is 6.95. The molecule has 72 valence electrons. The van der Waals surface area contributed by atoms with Crippen LogP contribution in [0.4, 0.5) is 4.79 Å². The molecule has 0 aliphatic carbocycles. The molecule has 0 aromatic rings. The van der Waals surface area contributed by atoms with E-state index in [1.54, 1.807) is 6.92 Å². The predicted molar refractivity (Wildman–Crippen MR) is 42.6 cm³/mol. The first-order chi connectivity index (χ1) is 5.65. The van der Waals surface area contributed by atoms with Crippen LogP contribution in [-0.4, -0.2) is 35.0 Å². The summed E-state index contributed by atoms with van der Waals surface area (Å²) in [7, 11) is 0. The lowest BCUT2D eigenvalue weighted by Crippen LogP contribution is -2.48. The summed E-state index contributed by atoms with van der Waals surface area (Å²) < 4.78 is 0. The fourth-order valence-electron chi connectivity index (χ4n) is 0.835. The number of rotatable bonds is 4. The number of amides is 2. The van der Waals surface area contributed by atoms with Gasteiger partial charge < -0.3 is 16.2 Å². The van der Waals surface area contributed by atoms with Gasteiger partial charge in [0.25, 0.3) is 0 Å². The minimum absolute atomic E-state index is 0.0736. The van der Waals surface area contributed by atoms with E-state index in [9.17, 15) is 9.90 Å². The van der Waals surface area contributed by atoms with Crippen molar-refractivity contribution < 1.29 is 15.1 Å². The fraction of sp³-hybridized carbons (Fsp3) is 0.833. The lowest BCUT2D eigenvalue weighted by atomic mass is 10.1. The third-order valence-electron chi connectivity index (χ3n) is 1.56. The molecule has 0 saturated heterocycles. The Hall–Kier alpha value is -0.850. The van der Waals surface area contributed by atoms with Gasteiger partial charge in [0.1, 0.15) is 0 Å². The SMILES string of the molecule is CCC(NC(=O)NO)C(O)CN. The Morgan fingerprint density at radius 1 is 1.67 bits per heavy atom. The van der Waals surface area contributed by atoms with Crippen LogP contribution in [0.3, 0.4) is 0 Å². The molecule has 6 N–H and O–H groups in total. The number of aliphatic hydroxyl groups excluding tert-OH is 1. The van der Waals surface area contributed by atoms with E-state index in [4.69, 9.17) is 10.9 Å². The maximum absolute atomic E-state index is 10.6. The van der Waals surface area contributed by atoms with Crippen LogP contribution < -0.4 is 16.5 Å². The van der Waals surface area contributed by atoms with Gasteiger partial charge >= 0.3 is 6.03 Å². The van der Waals surface area contributed by atoms with Gasteiger partial charge in [0.05, 0.1) is 12.1 Å². The van der Waals surface area contributed by atoms with Crippen molar-refractivity contribution in [2.45, 2.75) is 25.5 Å². The van der Waals surface area contributed by atoms with Gasteiger partial charge in [0, 0.05) is 6.54 Å². The molecule has 2 unspecified atom stereocenters. The lowest BCUT2D eigenvalue weighted by Gasteiger charge is -2.20. The molecule has 0 aliphatic rings. The summed E-state index contributed by atoms with van der Waals surface area (Å²) in [5.41, 5.74) is 6.59. The quantitative estimate of drug-likeness (QED) is 0.274. The molecule has 6 heteroatoms. The Morgan fingerprint density at radius 2 is 2.25 bits per heavy atom. The summed E-state index contributed by atoms with van der Waals surface area (Å²) in [6.07, 6.45) is -0.238. The largest absolute Gasteiger partial charge is 0.390 e. The molecule has 0 aliphatic heterocycles. The number of carbonyl (C=O) groups excluding carboxylic acids is 1. The van der Waals surface area contributed by atoms with Crippen LogP contribution in [0.15, 0.2) is 0 Å². The highest BCUT2D eigenvalue weighted by Crippen LogP contribution is 1.96. The standard InChI is InChI=1S/C6H15N3O3/c1-2-4(5(10)3-7)8-6(11)9-12/h4-5,10,12H,2-3,7H2,1H3,(H2,8,9,11). The highest BCUT2D eigenvalue weighted by Gasteiger charge is 2.17. The molecule has 2 atom stereocenters. The summed E-state index contributed by atoms with van der Waals surface area (Å²) in [6.45, 7) is 1.87. The molecule has 2 amide bonds. The van der Waals surface area contributed by atoms with Crippen molar-refractivity contribution in [1.29, 1.82) is 0 Å². The number of hydroxylamine groups is 1. The molecule has 0 fully saturated rings. The van der Waals surface area contributed by atoms with Crippen LogP contribution in [0.2, 0.25) is 0 Å². The molecule has 12 heavy (non-hydrogen) atoms. The second-order valence-corrected chi connectivity index (χ2v) is 2.40. The Balaban J connectivity index is 3.90. The van der Waals surface area contributed by atoms with Crippen LogP contribution in [0.1, 0.15) is 13.3 Å². The van der Waals surface area contributed by atoms with Crippen LogP contribution in [0, 0.1) is 0 Å². The summed E-state index contributed by atoms with van der Waals surface area (Å²) in [5.74, 6) is 0. The van der Waals surface area contributed by atoms with Gasteiger partial charge in [-0.2, -0.15) is 0 Å². The van der Waals surface area contributed by atoms with E-state index in [2.05, 4.69) is 5.32 Å². The smallest absolute Gasteiger partial charge is 0.338 e. The van der Waals surface area contributed by atoms with Crippen molar-refractivity contribution in [3.8, 4) is 0 Å². The van der Waals surface area contributed by atoms with Crippen molar-refractivity contribution >= 4 is 6.03 Å². The van der Waals surface area contributed by atoms with Crippen molar-refractivity contribution in [3.05, 3.63) is 0 Å². The second kappa shape index (κ2) is 5.76. The minimum Gasteiger partial charge on any atom is -0.390 e. The first-order valence-electron chi connectivity index (χ1n) is 3.74. The molecule has 0 rings (SSSR count). The highest BCUT2D eigenvalue weighted by atomic mass is 16.5. The average Bonchev–Trinajstić information content (AvgIpc) is 2.12. The molecule has 0 heterocycles. The van der Waals surface area contributed by atoms with Crippen molar-refractivity contribution in [3.63, 3.8) is 0 Å². The van der Waals surface area contributed by atoms with Gasteiger partial charge in [0.15, 0.2) is 0 Å². The maximum Gasteiger partial charge on any atom is 0.338 e. The van der Waals surface area contributed by atoms with Gasteiger partial charge in [0.2, 0.25) is 0 Å². The van der Waals surface area contributed by atoms with E-state index in [1.165, 1.54) is 5.48 Å². The van der Waals surface area contributed by atoms with Crippen LogP contribution in [-0.2, 0) is 0 Å². The first-order valence-corrected chi connectivity index (χ1v) is 3.74. The predicted octanol–water partition coefficient (Wildman–Crippen LogP) is -1.23. The van der Waals surface area contributed by atoms with Gasteiger partial charge in [-0.15, -0.1) is 0 Å². The van der Waals surface area contributed by atoms with E-state index >= 15 is 0 Å². The minimum atomic E-state index is -0.785. The summed E-state index contributed by atoms with van der Waals surface area (Å²) >= 11 is 0. The molecular weight excluding hydrogens is 162 g/mol. The zero-order valence-electron chi connectivity index (χ0n) is 6.95. The van der Waals surface area contributed by atoms with E-state index < -0.39 is 18.2 Å². The zero-order chi connectivity index (χ0) is 9.56. The lowest BCUT2D eigenvalue weighted by molar-refractivity contribution is 0.120. The molecule has 6 nitrogen and oxygen atoms in total. The third kappa shape index (κ3) is 3.51. The monoisotopic (exact) mass is 177 g/mol. The fourth-order valence-corrected chi connectivity index (χ4v) is 0.835. The molecule has 0 saturated carbocycles. The number of aliphatic hydroxyl groups is 1. The van der Waals surface area contributed by atoms with Crippen molar-refractivity contribution in [2.24, 2.45) is 5.73 Å². The number of nitrogens with one attached hydrogen (secondary N) is 2. The Labute approximate surface area is 70.7 Å². The normalized spacial score (nSPS) is 15.0. The number of carbonyl (C=O) groups is 1. The molecule has 0 aromatic carbocycles. The second-order valence-electron chi connectivity index (χ2n) is 2.40. The summed E-state index contributed by atoms with van der Waals surface area (Å²) in [4.78, 5) is 10.6. The molecule has 0 aromatic heterocycles. The number of hydrogen-bond donors (Lipinski definition) is 5. The van der Waals surface area contributed by atoms with E-state index in [0.29, 0.717) is 6.42 Å². The maximum atomic E-state index is 10.6. The van der Waals surface area contributed by atoms with E-state index in [-0.39, 0.29) is 6.54 Å². The van der Waals surface area contributed by atoms with Crippen molar-refractivity contribution in [2.75, 3.05) is 6.54 Å². The number of hydrogen-bond acceptors (Lipinski definition) is 4. The van der Waals surface area contributed by atoms with E-state index in [1.807, 2.05) is 0 Å². The Morgan fingerprint density at radius 3 is 2.58 bits per heavy atom. The summed E-state index contributed by atoms with van der Waals surface area (Å²) in [5, 5.41) is 19.7. The van der Waals surface area contributed by atoms with Crippen LogP contribution >= 0.6 is 0 Å². The topological polar surface area (TPSA) is 108 Å². The molecule has 0 radical (unpaired) electrons. The van der Waals surface area contributed by atoms with Crippen LogP contribution in [0.5, 0.6) is 0 Å². The van der Waals surface area contributed by atoms with E-state index in [0.717, 1.165) is 0 Å². The van der Waals surface area contributed by atoms with Gasteiger partial charge in [-0.1, -0.05) is 6.92 Å². The Kier molecular flexibility index (Phi) is 5.35. The number of urea groups is 1. The number of nitrogens with two attached hydrogens (primary N) is 1. The van der Waals surface area contributed by atoms with Gasteiger partial charge in [-0.3, -0.25) is 5.21 Å². The highest BCUT2D eigenvalue weighted by molar-refractivity contribution is 5.72. The Bertz CT molecular complexity index is 142. The summed E-state index contributed by atoms with van der Waals surface area (Å²) in [6, 6.07) is -1.17. The third-order valence-corrected chi connectivity index (χ3v) is 1.56. The van der Waals surface area contributed by atoms with Crippen LogP contribution in [0.25, 0.3) is 0 Å².